The van der Waals surface area contributed by atoms with Crippen molar-refractivity contribution in [3.05, 3.63) is 0 Å². The molecule has 0 spiro atoms. The second kappa shape index (κ2) is 4.03. The van der Waals surface area contributed by atoms with Gasteiger partial charge in [-0.1, -0.05) is 0 Å². The van der Waals surface area contributed by atoms with Gasteiger partial charge in [0.2, 0.25) is 0 Å². The summed E-state index contributed by atoms with van der Waals surface area (Å²) in [4.78, 5) is 43.4. The zero-order chi connectivity index (χ0) is 14.5. The lowest BCUT2D eigenvalue weighted by Gasteiger charge is -2.41. The van der Waals surface area contributed by atoms with Crippen molar-refractivity contribution in [1.82, 2.24) is 15.5 Å². The van der Waals surface area contributed by atoms with Gasteiger partial charge in [0.15, 0.2) is 5.71 Å². The van der Waals surface area contributed by atoms with E-state index in [1.807, 2.05) is 0 Å². The lowest BCUT2D eigenvalue weighted by Crippen LogP contribution is -2.74. The van der Waals surface area contributed by atoms with Crippen LogP contribution >= 0.6 is 11.8 Å². The average molecular weight is 297 g/mol. The maximum absolute atomic E-state index is 12.5. The first kappa shape index (κ1) is 13.1. The number of hydrogen-bond acceptors (Lipinski definition) is 7. The molecular weight excluding hydrogens is 286 g/mol. The number of carbonyl (C=O) groups excluding carboxylic acids is 2. The number of rotatable bonds is 2. The molecule has 2 atom stereocenters. The lowest BCUT2D eigenvalue weighted by molar-refractivity contribution is -0.143. The highest BCUT2D eigenvalue weighted by Crippen LogP contribution is 2.34. The first-order valence-electron chi connectivity index (χ1n) is 5.82. The predicted molar refractivity (Wildman–Crippen MR) is 70.5 cm³/mol. The third-order valence-electron chi connectivity index (χ3n) is 3.35. The summed E-state index contributed by atoms with van der Waals surface area (Å²) in [5, 5.41) is 14.6. The van der Waals surface area contributed by atoms with Crippen LogP contribution in [0, 0.1) is 0 Å². The number of carboxylic acid groups (broad SMARTS) is 1. The molecule has 9 nitrogen and oxygen atoms in total. The van der Waals surface area contributed by atoms with Crippen molar-refractivity contribution in [3.63, 3.8) is 0 Å². The smallest absolute Gasteiger partial charge is 0.359 e. The van der Waals surface area contributed by atoms with Gasteiger partial charge >= 0.3 is 12.0 Å². The minimum atomic E-state index is -2.09. The van der Waals surface area contributed by atoms with Gasteiger partial charge < -0.3 is 5.11 Å². The number of amides is 3. The topological polar surface area (TPSA) is 123 Å². The molecule has 3 heterocycles. The fourth-order valence-electron chi connectivity index (χ4n) is 2.36. The normalized spacial score (nSPS) is 35.9. The summed E-state index contributed by atoms with van der Waals surface area (Å²) >= 11 is 1.39. The minimum absolute atomic E-state index is 0.305. The van der Waals surface area contributed by atoms with Crippen LogP contribution in [0.5, 0.6) is 0 Å². The second-order valence-corrected chi connectivity index (χ2v) is 6.06. The summed E-state index contributed by atoms with van der Waals surface area (Å²) in [6.07, 6.45) is 0.975. The van der Waals surface area contributed by atoms with Gasteiger partial charge in [0.25, 0.3) is 11.6 Å². The van der Waals surface area contributed by atoms with Crippen LogP contribution in [0.4, 0.5) is 4.79 Å². The minimum Gasteiger partial charge on any atom is -0.478 e. The van der Waals surface area contributed by atoms with E-state index < -0.39 is 28.6 Å². The van der Waals surface area contributed by atoms with E-state index in [2.05, 4.69) is 20.6 Å². The van der Waals surface area contributed by atoms with Crippen LogP contribution in [0.2, 0.25) is 0 Å². The van der Waals surface area contributed by atoms with Gasteiger partial charge in [-0.2, -0.15) is 0 Å². The number of urea groups is 1. The lowest BCUT2D eigenvalue weighted by atomic mass is 10.0. The summed E-state index contributed by atoms with van der Waals surface area (Å²) in [6, 6.07) is -0.806. The van der Waals surface area contributed by atoms with Gasteiger partial charge in [-0.05, 0) is 6.92 Å². The van der Waals surface area contributed by atoms with Crippen molar-refractivity contribution in [1.29, 1.82) is 0 Å². The van der Waals surface area contributed by atoms with Gasteiger partial charge in [0.1, 0.15) is 11.3 Å². The van der Waals surface area contributed by atoms with Crippen molar-refractivity contribution in [2.45, 2.75) is 17.6 Å². The Morgan fingerprint density at radius 1 is 1.55 bits per heavy atom. The molecule has 2 fully saturated rings. The van der Waals surface area contributed by atoms with E-state index in [1.54, 1.807) is 6.92 Å². The molecule has 2 saturated heterocycles. The molecule has 0 bridgehead atoms. The maximum Gasteiger partial charge on any atom is 0.359 e. The molecular formula is C10H11N5O4S. The summed E-state index contributed by atoms with van der Waals surface area (Å²) in [5.74, 6) is -1.46. The average Bonchev–Trinajstić information content (AvgIpc) is 2.96. The van der Waals surface area contributed by atoms with Crippen molar-refractivity contribution >= 4 is 41.7 Å². The fraction of sp³-hybridized carbons (Fsp3) is 0.500. The van der Waals surface area contributed by atoms with Crippen LogP contribution in [0.1, 0.15) is 6.92 Å². The van der Waals surface area contributed by atoms with E-state index in [9.17, 15) is 19.5 Å². The summed E-state index contributed by atoms with van der Waals surface area (Å²) in [7, 11) is 0. The molecule has 0 aliphatic carbocycles. The number of carbonyl (C=O) groups is 3. The molecule has 3 amide bonds. The van der Waals surface area contributed by atoms with Gasteiger partial charge in [0.05, 0.1) is 0 Å². The second-order valence-electron chi connectivity index (χ2n) is 4.57. The van der Waals surface area contributed by atoms with Gasteiger partial charge in [-0.15, -0.1) is 11.8 Å². The highest BCUT2D eigenvalue weighted by atomic mass is 32.2. The third kappa shape index (κ3) is 1.51. The Morgan fingerprint density at radius 2 is 2.30 bits per heavy atom. The van der Waals surface area contributed by atoms with Crippen molar-refractivity contribution in [2.24, 2.45) is 9.98 Å². The Kier molecular flexibility index (Phi) is 2.63. The third-order valence-corrected chi connectivity index (χ3v) is 4.65. The Labute approximate surface area is 117 Å². The molecule has 20 heavy (non-hydrogen) atoms. The number of fused-ring (bicyclic) bond motifs is 1. The Balaban J connectivity index is 2.02. The molecule has 0 aromatic carbocycles. The monoisotopic (exact) mass is 297 g/mol. The SMILES string of the molecule is CC1(N2C(=O)NC3(C(=O)O)N=CN=C3C2=O)NCCS1. The first-order chi connectivity index (χ1) is 9.41. The van der Waals surface area contributed by atoms with Crippen molar-refractivity contribution in [3.8, 4) is 0 Å². The van der Waals surface area contributed by atoms with Crippen LogP contribution in [0.15, 0.2) is 9.98 Å². The first-order valence-corrected chi connectivity index (χ1v) is 6.80. The van der Waals surface area contributed by atoms with Crippen molar-refractivity contribution in [2.75, 3.05) is 12.3 Å². The number of nitrogens with zero attached hydrogens (tertiary/aromatic N) is 3. The molecule has 3 N–H and O–H groups in total. The number of thioether (sulfide) groups is 1. The standard InChI is InChI=1S/C10H11N5O4S/c1-9(12-2-3-20-9)15-6(16)5-10(7(17)18,13-4-11-5)14-8(15)19/h4,12H,2-3H2,1H3,(H,14,19)(H,17,18). The van der Waals surface area contributed by atoms with Crippen LogP contribution in [-0.2, 0) is 9.59 Å². The Morgan fingerprint density at radius 3 is 2.90 bits per heavy atom. The van der Waals surface area contributed by atoms with E-state index in [1.165, 1.54) is 11.8 Å². The number of imide groups is 1. The fourth-order valence-corrected chi connectivity index (χ4v) is 3.46. The zero-order valence-corrected chi connectivity index (χ0v) is 11.2. The number of aliphatic imine (C=N–C) groups is 2. The molecule has 3 rings (SSSR count). The number of aliphatic carboxylic acids is 1. The molecule has 0 radical (unpaired) electrons. The molecule has 0 aromatic heterocycles. The molecule has 3 aliphatic rings. The molecule has 106 valence electrons. The van der Waals surface area contributed by atoms with Crippen LogP contribution in [-0.4, -0.2) is 62.9 Å². The highest BCUT2D eigenvalue weighted by Gasteiger charge is 2.60. The Hall–Kier alpha value is -1.94. The van der Waals surface area contributed by atoms with E-state index in [0.717, 1.165) is 17.0 Å². The van der Waals surface area contributed by atoms with E-state index in [-0.39, 0.29) is 5.71 Å². The number of hydrogen-bond donors (Lipinski definition) is 3. The van der Waals surface area contributed by atoms with Crippen molar-refractivity contribution < 1.29 is 19.5 Å². The molecule has 3 aliphatic heterocycles. The Bertz CT molecular complexity index is 582. The zero-order valence-electron chi connectivity index (χ0n) is 10.4. The van der Waals surface area contributed by atoms with Crippen LogP contribution < -0.4 is 10.6 Å². The number of nitrogens with one attached hydrogen (secondary N) is 2. The van der Waals surface area contributed by atoms with Gasteiger partial charge in [-0.25, -0.2) is 24.5 Å². The summed E-state index contributed by atoms with van der Waals surface area (Å²) in [5.41, 5.74) is -2.40. The maximum atomic E-state index is 12.5. The van der Waals surface area contributed by atoms with E-state index in [0.29, 0.717) is 6.54 Å². The largest absolute Gasteiger partial charge is 0.478 e. The summed E-state index contributed by atoms with van der Waals surface area (Å²) < 4.78 is 0. The molecule has 10 heteroatoms. The van der Waals surface area contributed by atoms with Crippen LogP contribution in [0.3, 0.4) is 0 Å². The summed E-state index contributed by atoms with van der Waals surface area (Å²) in [6.45, 7) is 2.33. The highest BCUT2D eigenvalue weighted by molar-refractivity contribution is 8.00. The molecule has 0 saturated carbocycles. The molecule has 2 unspecified atom stereocenters. The van der Waals surface area contributed by atoms with Gasteiger partial charge in [-0.3, -0.25) is 15.4 Å². The van der Waals surface area contributed by atoms with E-state index >= 15 is 0 Å². The predicted octanol–water partition coefficient (Wildman–Crippen LogP) is -1.19. The van der Waals surface area contributed by atoms with Gasteiger partial charge in [0, 0.05) is 12.3 Å². The molecule has 0 aromatic rings. The number of carboxylic acids is 1. The van der Waals surface area contributed by atoms with E-state index in [4.69, 9.17) is 0 Å². The van der Waals surface area contributed by atoms with Crippen LogP contribution in [0.25, 0.3) is 0 Å². The quantitative estimate of drug-likeness (QED) is 0.589.